The average Bonchev–Trinajstić information content (AvgIpc) is 3.23. The molecule has 0 spiro atoms. The minimum atomic E-state index is -0.474. The van der Waals surface area contributed by atoms with E-state index < -0.39 is 5.25 Å². The third-order valence-electron chi connectivity index (χ3n) is 4.85. The molecule has 0 aliphatic carbocycles. The molecule has 1 heterocycles. The van der Waals surface area contributed by atoms with Gasteiger partial charge in [0, 0.05) is 21.5 Å². The Hall–Kier alpha value is -3.42. The number of thioether (sulfide) groups is 1. The Labute approximate surface area is 201 Å². The molecule has 3 aromatic carbocycles. The fraction of sp³-hybridized carbons (Fsp3) is 0.115. The van der Waals surface area contributed by atoms with Gasteiger partial charge in [0.1, 0.15) is 5.25 Å². The molecule has 4 rings (SSSR count). The molecule has 1 unspecified atom stereocenters. The lowest BCUT2D eigenvalue weighted by molar-refractivity contribution is -0.115. The van der Waals surface area contributed by atoms with Crippen molar-refractivity contribution < 1.29 is 9.59 Å². The number of hydrogen-bond donors (Lipinski definition) is 2. The predicted octanol–water partition coefficient (Wildman–Crippen LogP) is 6.48. The summed E-state index contributed by atoms with van der Waals surface area (Å²) < 4.78 is 0. The van der Waals surface area contributed by atoms with Crippen molar-refractivity contribution in [2.24, 2.45) is 0 Å². The Bertz CT molecular complexity index is 1250. The van der Waals surface area contributed by atoms with Gasteiger partial charge in [-0.05, 0) is 49.7 Å². The number of anilines is 2. The van der Waals surface area contributed by atoms with Gasteiger partial charge in [0.2, 0.25) is 5.91 Å². The van der Waals surface area contributed by atoms with Crippen LogP contribution in [-0.4, -0.2) is 16.8 Å². The van der Waals surface area contributed by atoms with Crippen molar-refractivity contribution in [1.29, 1.82) is 0 Å². The van der Waals surface area contributed by atoms with Crippen LogP contribution in [0.15, 0.2) is 89.1 Å². The summed E-state index contributed by atoms with van der Waals surface area (Å²) in [7, 11) is 0. The molecule has 166 valence electrons. The van der Waals surface area contributed by atoms with E-state index in [-0.39, 0.29) is 11.8 Å². The van der Waals surface area contributed by atoms with E-state index in [1.807, 2.05) is 86.0 Å². The summed E-state index contributed by atoms with van der Waals surface area (Å²) in [4.78, 5) is 31.0. The maximum Gasteiger partial charge on any atom is 0.255 e. The number of nitrogens with one attached hydrogen (secondary N) is 2. The zero-order valence-corrected chi connectivity index (χ0v) is 19.9. The molecule has 4 aromatic rings. The highest BCUT2D eigenvalue weighted by atomic mass is 32.2. The van der Waals surface area contributed by atoms with Crippen LogP contribution in [0.3, 0.4) is 0 Å². The van der Waals surface area contributed by atoms with E-state index >= 15 is 0 Å². The average molecular weight is 474 g/mol. The van der Waals surface area contributed by atoms with Crippen LogP contribution in [0.25, 0.3) is 0 Å². The first kappa shape index (κ1) is 22.8. The summed E-state index contributed by atoms with van der Waals surface area (Å²) in [6, 6.07) is 24.6. The first-order chi connectivity index (χ1) is 16.0. The van der Waals surface area contributed by atoms with E-state index in [4.69, 9.17) is 0 Å². The number of aryl methyl sites for hydroxylation is 2. The van der Waals surface area contributed by atoms with Gasteiger partial charge >= 0.3 is 0 Å². The number of nitrogens with zero attached hydrogens (tertiary/aromatic N) is 1. The zero-order chi connectivity index (χ0) is 23.2. The fourth-order valence-electron chi connectivity index (χ4n) is 3.17. The normalized spacial score (nSPS) is 11.6. The molecule has 2 N–H and O–H groups in total. The Kier molecular flexibility index (Phi) is 7.22. The van der Waals surface area contributed by atoms with Crippen molar-refractivity contribution in [3.63, 3.8) is 0 Å². The molecular formula is C26H23N3O2S2. The van der Waals surface area contributed by atoms with Gasteiger partial charge in [0.25, 0.3) is 5.91 Å². The number of rotatable bonds is 7. The van der Waals surface area contributed by atoms with E-state index in [0.29, 0.717) is 16.4 Å². The molecule has 1 aromatic heterocycles. The summed E-state index contributed by atoms with van der Waals surface area (Å²) in [6.45, 7) is 3.88. The van der Waals surface area contributed by atoms with Crippen molar-refractivity contribution in [1.82, 2.24) is 4.98 Å². The molecule has 2 amide bonds. The molecule has 0 bridgehead atoms. The van der Waals surface area contributed by atoms with Gasteiger partial charge < -0.3 is 10.6 Å². The first-order valence-corrected chi connectivity index (χ1v) is 12.2. The van der Waals surface area contributed by atoms with Crippen LogP contribution in [-0.2, 0) is 4.79 Å². The highest BCUT2D eigenvalue weighted by Gasteiger charge is 2.23. The van der Waals surface area contributed by atoms with Crippen molar-refractivity contribution >= 4 is 45.7 Å². The van der Waals surface area contributed by atoms with Crippen LogP contribution < -0.4 is 10.6 Å². The monoisotopic (exact) mass is 473 g/mol. The second-order valence-corrected chi connectivity index (χ2v) is 9.58. The minimum Gasteiger partial charge on any atom is -0.322 e. The molecule has 5 nitrogen and oxygen atoms in total. The SMILES string of the molecule is Cc1ccc(C(=O)Nc2cccc(SC(C(=O)Nc3nc(C)cs3)c3ccccc3)c2)cc1. The van der Waals surface area contributed by atoms with Gasteiger partial charge in [-0.1, -0.05) is 54.1 Å². The molecule has 0 saturated heterocycles. The molecule has 0 aliphatic heterocycles. The standard InChI is InChI=1S/C26H23N3O2S2/c1-17-11-13-20(14-12-17)24(30)28-21-9-6-10-22(15-21)33-23(19-7-4-3-5-8-19)25(31)29-26-27-18(2)16-32-26/h3-16,23H,1-2H3,(H,28,30)(H,27,29,31). The van der Waals surface area contributed by atoms with Crippen LogP contribution in [0.1, 0.15) is 32.4 Å². The van der Waals surface area contributed by atoms with Gasteiger partial charge in [-0.3, -0.25) is 9.59 Å². The Morgan fingerprint density at radius 1 is 0.909 bits per heavy atom. The number of benzene rings is 3. The summed E-state index contributed by atoms with van der Waals surface area (Å²) in [5.41, 5.74) is 4.13. The smallest absolute Gasteiger partial charge is 0.255 e. The lowest BCUT2D eigenvalue weighted by Crippen LogP contribution is -2.19. The van der Waals surface area contributed by atoms with Crippen molar-refractivity contribution in [3.8, 4) is 0 Å². The summed E-state index contributed by atoms with van der Waals surface area (Å²) in [5, 5.41) is 7.89. The second kappa shape index (κ2) is 10.5. The fourth-order valence-corrected chi connectivity index (χ4v) is 4.95. The Balaban J connectivity index is 1.53. The van der Waals surface area contributed by atoms with Gasteiger partial charge in [0.15, 0.2) is 5.13 Å². The topological polar surface area (TPSA) is 71.1 Å². The van der Waals surface area contributed by atoms with E-state index in [2.05, 4.69) is 15.6 Å². The second-order valence-electron chi connectivity index (χ2n) is 7.54. The zero-order valence-electron chi connectivity index (χ0n) is 18.2. The quantitative estimate of drug-likeness (QED) is 0.301. The molecule has 0 aliphatic rings. The summed E-state index contributed by atoms with van der Waals surface area (Å²) in [5.74, 6) is -0.316. The third-order valence-corrected chi connectivity index (χ3v) is 6.97. The first-order valence-electron chi connectivity index (χ1n) is 10.4. The number of amides is 2. The van der Waals surface area contributed by atoms with E-state index in [1.165, 1.54) is 23.1 Å². The number of aromatic nitrogens is 1. The van der Waals surface area contributed by atoms with Crippen LogP contribution in [0.4, 0.5) is 10.8 Å². The maximum absolute atomic E-state index is 13.2. The Morgan fingerprint density at radius 3 is 2.36 bits per heavy atom. The molecule has 1 atom stereocenters. The van der Waals surface area contributed by atoms with E-state index in [0.717, 1.165) is 21.7 Å². The summed E-state index contributed by atoms with van der Waals surface area (Å²) >= 11 is 2.83. The molecule has 7 heteroatoms. The molecule has 0 saturated carbocycles. The van der Waals surface area contributed by atoms with Crippen molar-refractivity contribution in [3.05, 3.63) is 107 Å². The van der Waals surface area contributed by atoms with Gasteiger partial charge in [0.05, 0.1) is 5.69 Å². The Morgan fingerprint density at radius 2 is 1.67 bits per heavy atom. The number of carbonyl (C=O) groups excluding carboxylic acids is 2. The van der Waals surface area contributed by atoms with Crippen LogP contribution in [0.2, 0.25) is 0 Å². The maximum atomic E-state index is 13.2. The highest BCUT2D eigenvalue weighted by molar-refractivity contribution is 8.00. The molecular weight excluding hydrogens is 450 g/mol. The highest BCUT2D eigenvalue weighted by Crippen LogP contribution is 2.37. The molecule has 33 heavy (non-hydrogen) atoms. The van der Waals surface area contributed by atoms with Gasteiger partial charge in [-0.25, -0.2) is 4.98 Å². The lowest BCUT2D eigenvalue weighted by Gasteiger charge is -2.17. The molecule has 0 fully saturated rings. The lowest BCUT2D eigenvalue weighted by atomic mass is 10.1. The van der Waals surface area contributed by atoms with Crippen molar-refractivity contribution in [2.45, 2.75) is 24.0 Å². The van der Waals surface area contributed by atoms with Gasteiger partial charge in [-0.15, -0.1) is 23.1 Å². The minimum absolute atomic E-state index is 0.144. The van der Waals surface area contributed by atoms with Crippen LogP contribution in [0, 0.1) is 13.8 Å². The third kappa shape index (κ3) is 6.09. The number of hydrogen-bond acceptors (Lipinski definition) is 5. The van der Waals surface area contributed by atoms with Crippen LogP contribution >= 0.6 is 23.1 Å². The number of thiazole rings is 1. The van der Waals surface area contributed by atoms with E-state index in [9.17, 15) is 9.59 Å². The molecule has 0 radical (unpaired) electrons. The predicted molar refractivity (Wildman–Crippen MR) is 136 cm³/mol. The van der Waals surface area contributed by atoms with Gasteiger partial charge in [-0.2, -0.15) is 0 Å². The van der Waals surface area contributed by atoms with Crippen molar-refractivity contribution in [2.75, 3.05) is 10.6 Å². The number of carbonyl (C=O) groups is 2. The van der Waals surface area contributed by atoms with E-state index in [1.54, 1.807) is 12.1 Å². The van der Waals surface area contributed by atoms with Crippen LogP contribution in [0.5, 0.6) is 0 Å². The summed E-state index contributed by atoms with van der Waals surface area (Å²) in [6.07, 6.45) is 0. The largest absolute Gasteiger partial charge is 0.322 e.